The quantitative estimate of drug-likeness (QED) is 0.257. The largest absolute Gasteiger partial charge is 0.461 e. The Morgan fingerprint density at radius 3 is 2.96 bits per heavy atom. The van der Waals surface area contributed by atoms with Crippen LogP contribution in [0.4, 0.5) is 23.4 Å². The van der Waals surface area contributed by atoms with Crippen molar-refractivity contribution in [3.8, 4) is 17.1 Å². The summed E-state index contributed by atoms with van der Waals surface area (Å²) in [6.45, 7) is 3.26. The van der Waals surface area contributed by atoms with Crippen LogP contribution in [-0.2, 0) is 0 Å². The van der Waals surface area contributed by atoms with Gasteiger partial charge in [-0.1, -0.05) is 36.1 Å². The predicted molar refractivity (Wildman–Crippen MR) is 184 cm³/mol. The summed E-state index contributed by atoms with van der Waals surface area (Å²) < 4.78 is 67.5. The third-order valence-corrected chi connectivity index (χ3v) is 12.7. The normalized spacial score (nSPS) is 30.6. The lowest BCUT2D eigenvalue weighted by Crippen LogP contribution is -2.44. The Labute approximate surface area is 287 Å². The Morgan fingerprint density at radius 1 is 1.22 bits per heavy atom. The number of rotatable bonds is 7. The monoisotopic (exact) mass is 692 g/mol. The number of anilines is 1. The van der Waals surface area contributed by atoms with Crippen LogP contribution in [0.15, 0.2) is 40.3 Å². The number of hydrogen-bond donors (Lipinski definition) is 2. The molecule has 7 atom stereocenters. The van der Waals surface area contributed by atoms with Crippen LogP contribution in [0.3, 0.4) is 0 Å². The molecule has 258 valence electrons. The van der Waals surface area contributed by atoms with E-state index in [1.165, 1.54) is 17.8 Å². The third kappa shape index (κ3) is 5.14. The van der Waals surface area contributed by atoms with Gasteiger partial charge in [0.2, 0.25) is 0 Å². The lowest BCUT2D eigenvalue weighted by atomic mass is 9.88. The number of benzene rings is 2. The van der Waals surface area contributed by atoms with Crippen LogP contribution in [0, 0.1) is 11.6 Å². The first-order valence-corrected chi connectivity index (χ1v) is 18.4. The number of halogens is 4. The van der Waals surface area contributed by atoms with E-state index in [1.54, 1.807) is 13.0 Å². The fraction of sp³-hybridized carbons (Fsp3) is 0.514. The Balaban J connectivity index is 1.19. The number of hydrogen-bond acceptors (Lipinski definition) is 8. The van der Waals surface area contributed by atoms with E-state index in [2.05, 4.69) is 15.1 Å². The number of nitrogens with two attached hydrogens (primary N) is 1. The Morgan fingerprint density at radius 2 is 2.10 bits per heavy atom. The van der Waals surface area contributed by atoms with Crippen LogP contribution >= 0.6 is 11.8 Å². The number of allylic oxidation sites excluding steroid dienone is 2. The van der Waals surface area contributed by atoms with Crippen LogP contribution < -0.4 is 20.7 Å². The van der Waals surface area contributed by atoms with Gasteiger partial charge in [-0.25, -0.2) is 17.6 Å². The van der Waals surface area contributed by atoms with Crippen molar-refractivity contribution in [2.45, 2.75) is 98.7 Å². The zero-order chi connectivity index (χ0) is 33.6. The molecule has 7 nitrogen and oxygen atoms in total. The van der Waals surface area contributed by atoms with Crippen molar-refractivity contribution in [3.05, 3.63) is 58.1 Å². The topological polar surface area (TPSA) is 79.5 Å². The Bertz CT molecular complexity index is 1900. The zero-order valence-corrected chi connectivity index (χ0v) is 28.2. The highest BCUT2D eigenvalue weighted by molar-refractivity contribution is 8.03. The second-order valence-electron chi connectivity index (χ2n) is 14.7. The third-order valence-electron chi connectivity index (χ3n) is 11.7. The molecule has 49 heavy (non-hydrogen) atoms. The summed E-state index contributed by atoms with van der Waals surface area (Å²) in [5, 5.41) is 4.51. The van der Waals surface area contributed by atoms with Gasteiger partial charge in [0.05, 0.1) is 15.5 Å². The molecular weight excluding hydrogens is 653 g/mol. The van der Waals surface area contributed by atoms with Gasteiger partial charge in [-0.05, 0) is 80.8 Å². The van der Waals surface area contributed by atoms with Crippen molar-refractivity contribution < 1.29 is 22.3 Å². The smallest absolute Gasteiger partial charge is 0.319 e. The molecule has 3 N–H and O–H groups in total. The van der Waals surface area contributed by atoms with Gasteiger partial charge in [-0.15, -0.1) is 0 Å². The second-order valence-corrected chi connectivity index (χ2v) is 15.8. The van der Waals surface area contributed by atoms with E-state index in [9.17, 15) is 8.78 Å². The molecule has 3 unspecified atom stereocenters. The highest BCUT2D eigenvalue weighted by Gasteiger charge is 2.50. The highest BCUT2D eigenvalue weighted by atomic mass is 32.2. The van der Waals surface area contributed by atoms with Crippen molar-refractivity contribution in [3.63, 3.8) is 0 Å². The minimum Gasteiger partial charge on any atom is -0.461 e. The van der Waals surface area contributed by atoms with Crippen LogP contribution in [0.25, 0.3) is 28.1 Å². The van der Waals surface area contributed by atoms with Crippen LogP contribution in [-0.4, -0.2) is 77.1 Å². The molecule has 4 fully saturated rings. The minimum absolute atomic E-state index is 0.0564. The number of ether oxygens (including phenoxy) is 1. The predicted octanol–water partition coefficient (Wildman–Crippen LogP) is 6.99. The molecule has 6 aliphatic rings. The lowest BCUT2D eigenvalue weighted by Gasteiger charge is -2.31. The van der Waals surface area contributed by atoms with Gasteiger partial charge in [0.25, 0.3) is 0 Å². The van der Waals surface area contributed by atoms with Gasteiger partial charge in [0, 0.05) is 54.5 Å². The molecule has 0 radical (unpaired) electrons. The minimum atomic E-state index is -0.968. The molecule has 1 aromatic heterocycles. The number of nitrogens with zero attached hydrogens (tertiary/aromatic N) is 4. The molecule has 3 aromatic rings. The Kier molecular flexibility index (Phi) is 7.66. The molecule has 9 rings (SSSR count). The van der Waals surface area contributed by atoms with Crippen LogP contribution in [0.1, 0.15) is 68.9 Å². The first-order valence-electron chi connectivity index (χ1n) is 17.6. The summed E-state index contributed by atoms with van der Waals surface area (Å²) in [7, 11) is 0. The summed E-state index contributed by atoms with van der Waals surface area (Å²) >= 11 is 1.18. The number of thioether (sulfide) groups is 1. The number of nitrogens with one attached hydrogen (secondary N) is 1. The summed E-state index contributed by atoms with van der Waals surface area (Å²) in [5.74, 6) is -0.493. The molecule has 1 aliphatic carbocycles. The van der Waals surface area contributed by atoms with Gasteiger partial charge >= 0.3 is 6.01 Å². The number of alkyl halides is 2. The first-order chi connectivity index (χ1) is 23.7. The van der Waals surface area contributed by atoms with Crippen molar-refractivity contribution in [2.75, 3.05) is 31.1 Å². The van der Waals surface area contributed by atoms with Crippen LogP contribution in [0.2, 0.25) is 0 Å². The number of fused-ring (bicyclic) bond motifs is 6. The van der Waals surface area contributed by atoms with Crippen LogP contribution in [0.5, 0.6) is 6.01 Å². The van der Waals surface area contributed by atoms with E-state index >= 15 is 8.78 Å². The van der Waals surface area contributed by atoms with Crippen molar-refractivity contribution in [1.29, 1.82) is 0 Å². The van der Waals surface area contributed by atoms with E-state index in [4.69, 9.17) is 20.4 Å². The molecule has 0 spiro atoms. The molecule has 2 bridgehead atoms. The van der Waals surface area contributed by atoms with E-state index in [0.29, 0.717) is 57.2 Å². The average Bonchev–Trinajstić information content (AvgIpc) is 3.77. The molecule has 6 heterocycles. The highest BCUT2D eigenvalue weighted by Crippen LogP contribution is 2.50. The number of aromatic nitrogens is 2. The van der Waals surface area contributed by atoms with Gasteiger partial charge in [-0.3, -0.25) is 4.90 Å². The van der Waals surface area contributed by atoms with Gasteiger partial charge in [-0.2, -0.15) is 9.97 Å². The van der Waals surface area contributed by atoms with E-state index in [0.717, 1.165) is 44.2 Å². The maximum absolute atomic E-state index is 17.4. The maximum Gasteiger partial charge on any atom is 0.319 e. The summed E-state index contributed by atoms with van der Waals surface area (Å²) in [5.41, 5.74) is 8.27. The van der Waals surface area contributed by atoms with Gasteiger partial charge < -0.3 is 20.7 Å². The first kappa shape index (κ1) is 31.6. The van der Waals surface area contributed by atoms with Gasteiger partial charge in [0.1, 0.15) is 36.1 Å². The molecule has 0 saturated carbocycles. The maximum atomic E-state index is 17.4. The van der Waals surface area contributed by atoms with E-state index in [1.807, 2.05) is 24.3 Å². The van der Waals surface area contributed by atoms with Gasteiger partial charge in [0.15, 0.2) is 5.82 Å². The lowest BCUT2D eigenvalue weighted by molar-refractivity contribution is 0.107. The molecule has 5 aliphatic heterocycles. The fourth-order valence-electron chi connectivity index (χ4n) is 9.55. The summed E-state index contributed by atoms with van der Waals surface area (Å²) in [4.78, 5) is 14.6. The van der Waals surface area contributed by atoms with E-state index in [-0.39, 0.29) is 54.5 Å². The molecule has 4 saturated heterocycles. The zero-order valence-electron chi connectivity index (χ0n) is 27.4. The SMILES string of the molecule is CC(F)CNC1C[C@H]2CC[C@@H]1N2c1nc(OC[C@@]23CCCN2C[C@H](F)C3)nc2c(F)c3c(cc12)C=CC1CC=C(N)Sc2c(F)ccc-3c21. The second kappa shape index (κ2) is 11.9. The molecular formula is C37H40F4N6OS. The molecule has 12 heteroatoms. The average molecular weight is 693 g/mol. The molecule has 2 aromatic carbocycles. The summed E-state index contributed by atoms with van der Waals surface area (Å²) in [6, 6.07) is 5.34. The fourth-order valence-corrected chi connectivity index (χ4v) is 10.5. The summed E-state index contributed by atoms with van der Waals surface area (Å²) in [6.07, 6.45) is 9.41. The molecule has 0 amide bonds. The van der Waals surface area contributed by atoms with Crippen molar-refractivity contribution >= 4 is 34.6 Å². The van der Waals surface area contributed by atoms with Crippen molar-refractivity contribution in [1.82, 2.24) is 20.2 Å². The standard InChI is InChI=1S/C37H40F4N6OS/c1-19(38)16-43-27-14-23-6-9-28(27)47(23)35-25-13-21-4-3-20-5-10-29(42)49-34-26(40)8-7-24(31(20)34)30(21)32(41)33(25)44-36(45-35)48-18-37-11-2-12-46(37)17-22(39)15-37/h3-4,7-8,10,13,19-20,22-23,27-28,43H,2,5-6,9,11-12,14-18,42H2,1H3/t19?,20?,22-,23-,27?,28+,37+/m1/s1. The van der Waals surface area contributed by atoms with E-state index < -0.39 is 23.7 Å². The van der Waals surface area contributed by atoms with Crippen molar-refractivity contribution in [2.24, 2.45) is 5.73 Å². The Hall–Kier alpha value is -3.35.